The molecule has 0 N–H and O–H groups in total. The van der Waals surface area contributed by atoms with Gasteiger partial charge >= 0.3 is 6.09 Å². The van der Waals surface area contributed by atoms with Crippen LogP contribution in [0, 0.1) is 0 Å². The number of hydrogen-bond acceptors (Lipinski definition) is 3. The smallest absolute Gasteiger partial charge is 0.409 e. The molecule has 0 aromatic rings. The normalized spacial score (nSPS) is 16.4. The van der Waals surface area contributed by atoms with Crippen molar-refractivity contribution >= 4 is 11.9 Å². The zero-order chi connectivity index (χ0) is 8.97. The lowest BCUT2D eigenvalue weighted by Gasteiger charge is -2.24. The lowest BCUT2D eigenvalue weighted by atomic mass is 10.1. The number of piperidine rings is 1. The highest BCUT2D eigenvalue weighted by atomic mass is 16.6. The van der Waals surface area contributed by atoms with Crippen molar-refractivity contribution < 1.29 is 14.3 Å². The minimum atomic E-state index is -0.301. The molecule has 1 rings (SSSR count). The Bertz CT molecular complexity index is 181. The summed E-state index contributed by atoms with van der Waals surface area (Å²) in [6, 6.07) is 0. The van der Waals surface area contributed by atoms with Crippen LogP contribution in [-0.2, 0) is 9.53 Å². The van der Waals surface area contributed by atoms with Gasteiger partial charge in [0.05, 0.1) is 6.61 Å². The van der Waals surface area contributed by atoms with Gasteiger partial charge in [0.1, 0.15) is 5.78 Å². The second-order valence-electron chi connectivity index (χ2n) is 2.72. The maximum Gasteiger partial charge on any atom is 0.409 e. The standard InChI is InChI=1S/C8H13NO3.CH4/c1-2-12-8(11)9-5-3-7(10)4-6-9;/h2-6H2,1H3;1H4. The first-order valence-corrected chi connectivity index (χ1v) is 4.17. The second kappa shape index (κ2) is 5.56. The molecule has 4 nitrogen and oxygen atoms in total. The van der Waals surface area contributed by atoms with Gasteiger partial charge in [-0.05, 0) is 6.92 Å². The Morgan fingerprint density at radius 1 is 1.46 bits per heavy atom. The predicted octanol–water partition coefficient (Wildman–Crippen LogP) is 1.44. The summed E-state index contributed by atoms with van der Waals surface area (Å²) in [5.74, 6) is 0.232. The molecule has 4 heteroatoms. The van der Waals surface area contributed by atoms with Crippen LogP contribution in [0.2, 0.25) is 0 Å². The monoisotopic (exact) mass is 187 g/mol. The minimum Gasteiger partial charge on any atom is -0.450 e. The predicted molar refractivity (Wildman–Crippen MR) is 49.6 cm³/mol. The van der Waals surface area contributed by atoms with E-state index in [1.165, 1.54) is 0 Å². The average Bonchev–Trinajstić information content (AvgIpc) is 2.06. The number of carbonyl (C=O) groups excluding carboxylic acids is 2. The van der Waals surface area contributed by atoms with Gasteiger partial charge < -0.3 is 9.64 Å². The van der Waals surface area contributed by atoms with Crippen LogP contribution in [0.3, 0.4) is 0 Å². The van der Waals surface area contributed by atoms with Crippen LogP contribution < -0.4 is 0 Å². The number of ketones is 1. The number of nitrogens with zero attached hydrogens (tertiary/aromatic N) is 1. The molecule has 1 saturated heterocycles. The van der Waals surface area contributed by atoms with Crippen molar-refractivity contribution in [2.75, 3.05) is 19.7 Å². The molecule has 1 aliphatic heterocycles. The van der Waals surface area contributed by atoms with E-state index in [1.807, 2.05) is 0 Å². The number of likely N-dealkylation sites (tertiary alicyclic amines) is 1. The molecular weight excluding hydrogens is 170 g/mol. The number of hydrogen-bond donors (Lipinski definition) is 0. The Kier molecular flexibility index (Phi) is 5.11. The van der Waals surface area contributed by atoms with Gasteiger partial charge in [-0.1, -0.05) is 7.43 Å². The molecule has 0 aliphatic carbocycles. The summed E-state index contributed by atoms with van der Waals surface area (Å²) in [5, 5.41) is 0. The van der Waals surface area contributed by atoms with Gasteiger partial charge in [0.25, 0.3) is 0 Å². The Labute approximate surface area is 78.9 Å². The topological polar surface area (TPSA) is 46.6 Å². The molecule has 0 atom stereocenters. The first kappa shape index (κ1) is 11.9. The minimum absolute atomic E-state index is 0. The first-order chi connectivity index (χ1) is 5.74. The maximum absolute atomic E-state index is 11.1. The van der Waals surface area contributed by atoms with Gasteiger partial charge in [-0.2, -0.15) is 0 Å². The van der Waals surface area contributed by atoms with Gasteiger partial charge in [0.2, 0.25) is 0 Å². The van der Waals surface area contributed by atoms with E-state index in [-0.39, 0.29) is 19.3 Å². The van der Waals surface area contributed by atoms with Crippen LogP contribution in [0.25, 0.3) is 0 Å². The summed E-state index contributed by atoms with van der Waals surface area (Å²) >= 11 is 0. The molecule has 1 aliphatic rings. The first-order valence-electron chi connectivity index (χ1n) is 4.17. The van der Waals surface area contributed by atoms with Gasteiger partial charge in [-0.3, -0.25) is 4.79 Å². The fraction of sp³-hybridized carbons (Fsp3) is 0.778. The maximum atomic E-state index is 11.1. The molecule has 0 radical (unpaired) electrons. The average molecular weight is 187 g/mol. The summed E-state index contributed by atoms with van der Waals surface area (Å²) in [7, 11) is 0. The van der Waals surface area contributed by atoms with Crippen LogP contribution in [0.4, 0.5) is 4.79 Å². The second-order valence-corrected chi connectivity index (χ2v) is 2.72. The molecule has 0 aromatic carbocycles. The van der Waals surface area contributed by atoms with Crippen LogP contribution in [-0.4, -0.2) is 36.5 Å². The van der Waals surface area contributed by atoms with Gasteiger partial charge in [-0.15, -0.1) is 0 Å². The summed E-state index contributed by atoms with van der Waals surface area (Å²) in [4.78, 5) is 23.5. The zero-order valence-corrected chi connectivity index (χ0v) is 7.21. The van der Waals surface area contributed by atoms with Gasteiger partial charge in [0.15, 0.2) is 0 Å². The number of rotatable bonds is 1. The van der Waals surface area contributed by atoms with Crippen LogP contribution in [0.15, 0.2) is 0 Å². The van der Waals surface area contributed by atoms with Crippen molar-refractivity contribution in [2.45, 2.75) is 27.2 Å². The summed E-state index contributed by atoms with van der Waals surface area (Å²) in [6.45, 7) is 3.19. The molecule has 0 unspecified atom stereocenters. The van der Waals surface area contributed by atoms with Crippen LogP contribution >= 0.6 is 0 Å². The van der Waals surface area contributed by atoms with Gasteiger partial charge in [0, 0.05) is 25.9 Å². The van der Waals surface area contributed by atoms with E-state index in [0.29, 0.717) is 32.5 Å². The molecule has 1 amide bonds. The molecule has 13 heavy (non-hydrogen) atoms. The van der Waals surface area contributed by atoms with Crippen molar-refractivity contribution in [1.29, 1.82) is 0 Å². The molecule has 0 aromatic heterocycles. The van der Waals surface area contributed by atoms with Crippen molar-refractivity contribution in [3.05, 3.63) is 0 Å². The fourth-order valence-electron chi connectivity index (χ4n) is 1.15. The largest absolute Gasteiger partial charge is 0.450 e. The number of ether oxygens (including phenoxy) is 1. The Morgan fingerprint density at radius 3 is 2.46 bits per heavy atom. The fourth-order valence-corrected chi connectivity index (χ4v) is 1.15. The van der Waals surface area contributed by atoms with Crippen molar-refractivity contribution in [1.82, 2.24) is 4.90 Å². The van der Waals surface area contributed by atoms with E-state index >= 15 is 0 Å². The molecule has 1 heterocycles. The van der Waals surface area contributed by atoms with E-state index in [1.54, 1.807) is 11.8 Å². The van der Waals surface area contributed by atoms with E-state index in [9.17, 15) is 9.59 Å². The molecule has 0 spiro atoms. The van der Waals surface area contributed by atoms with E-state index in [4.69, 9.17) is 4.74 Å². The van der Waals surface area contributed by atoms with Crippen molar-refractivity contribution in [3.8, 4) is 0 Å². The highest BCUT2D eigenvalue weighted by Crippen LogP contribution is 2.06. The molecular formula is C9H17NO3. The molecule has 76 valence electrons. The van der Waals surface area contributed by atoms with Crippen LogP contribution in [0.1, 0.15) is 27.2 Å². The SMILES string of the molecule is C.CCOC(=O)N1CCC(=O)CC1. The van der Waals surface area contributed by atoms with E-state index in [2.05, 4.69) is 0 Å². The molecule has 0 bridgehead atoms. The summed E-state index contributed by atoms with van der Waals surface area (Å²) < 4.78 is 4.79. The third kappa shape index (κ3) is 3.44. The summed E-state index contributed by atoms with van der Waals surface area (Å²) in [6.07, 6.45) is 0.641. The van der Waals surface area contributed by atoms with E-state index in [0.717, 1.165) is 0 Å². The number of carbonyl (C=O) groups is 2. The lowest BCUT2D eigenvalue weighted by molar-refractivity contribution is -0.121. The number of Topliss-reactive ketones (excluding diaryl/α,β-unsaturated/α-hetero) is 1. The lowest BCUT2D eigenvalue weighted by Crippen LogP contribution is -2.38. The quantitative estimate of drug-likeness (QED) is 0.624. The van der Waals surface area contributed by atoms with Crippen LogP contribution in [0.5, 0.6) is 0 Å². The number of amides is 1. The highest BCUT2D eigenvalue weighted by Gasteiger charge is 2.20. The zero-order valence-electron chi connectivity index (χ0n) is 7.21. The van der Waals surface area contributed by atoms with E-state index < -0.39 is 0 Å². The van der Waals surface area contributed by atoms with Gasteiger partial charge in [-0.25, -0.2) is 4.79 Å². The molecule has 0 saturated carbocycles. The third-order valence-corrected chi connectivity index (χ3v) is 1.85. The Balaban J connectivity index is 0.00000144. The Morgan fingerprint density at radius 2 is 2.00 bits per heavy atom. The summed E-state index contributed by atoms with van der Waals surface area (Å²) in [5.41, 5.74) is 0. The van der Waals surface area contributed by atoms with Crippen molar-refractivity contribution in [3.63, 3.8) is 0 Å². The van der Waals surface area contributed by atoms with Crippen molar-refractivity contribution in [2.24, 2.45) is 0 Å². The molecule has 1 fully saturated rings. The highest BCUT2D eigenvalue weighted by molar-refractivity contribution is 5.81. The third-order valence-electron chi connectivity index (χ3n) is 1.85. The Hall–Kier alpha value is -1.06.